The van der Waals surface area contributed by atoms with Gasteiger partial charge < -0.3 is 20.1 Å². The smallest absolute Gasteiger partial charge is 0.313 e. The highest BCUT2D eigenvalue weighted by Gasteiger charge is 2.22. The van der Waals surface area contributed by atoms with Crippen molar-refractivity contribution in [3.8, 4) is 0 Å². The molecule has 0 radical (unpaired) electrons. The molecule has 0 fully saturated rings. The second kappa shape index (κ2) is 8.97. The lowest BCUT2D eigenvalue weighted by atomic mass is 10.0. The van der Waals surface area contributed by atoms with Crippen molar-refractivity contribution in [1.82, 2.24) is 14.8 Å². The van der Waals surface area contributed by atoms with Gasteiger partial charge in [-0.3, -0.25) is 19.7 Å². The largest absolute Gasteiger partial charge is 0.350 e. The van der Waals surface area contributed by atoms with Gasteiger partial charge in [0.15, 0.2) is 0 Å². The first kappa shape index (κ1) is 22.0. The Morgan fingerprint density at radius 1 is 1.16 bits per heavy atom. The van der Waals surface area contributed by atoms with Gasteiger partial charge in [0.25, 0.3) is 5.69 Å². The molecule has 3 aromatic rings. The number of amides is 2. The molecular formula is C22H25N5O4. The van der Waals surface area contributed by atoms with Crippen molar-refractivity contribution < 1.29 is 14.5 Å². The molecule has 0 saturated carbocycles. The normalized spacial score (nSPS) is 12.0. The van der Waals surface area contributed by atoms with Crippen LogP contribution in [0.2, 0.25) is 0 Å². The molecule has 0 saturated heterocycles. The highest BCUT2D eigenvalue weighted by molar-refractivity contribution is 6.39. The second-order valence-electron chi connectivity index (χ2n) is 7.61. The average Bonchev–Trinajstić information content (AvgIpc) is 3.05. The molecule has 162 valence electrons. The van der Waals surface area contributed by atoms with E-state index in [9.17, 15) is 19.7 Å². The van der Waals surface area contributed by atoms with Gasteiger partial charge in [0, 0.05) is 48.5 Å². The molecule has 0 aliphatic carbocycles. The van der Waals surface area contributed by atoms with E-state index >= 15 is 0 Å². The third-order valence-corrected chi connectivity index (χ3v) is 5.24. The number of non-ortho nitro benzene ring substituents is 1. The highest BCUT2D eigenvalue weighted by Crippen LogP contribution is 2.28. The number of para-hydroxylation sites is 1. The van der Waals surface area contributed by atoms with Gasteiger partial charge in [-0.2, -0.15) is 0 Å². The van der Waals surface area contributed by atoms with Crippen LogP contribution >= 0.6 is 0 Å². The van der Waals surface area contributed by atoms with Crippen molar-refractivity contribution in [1.29, 1.82) is 0 Å². The third kappa shape index (κ3) is 4.72. The van der Waals surface area contributed by atoms with Crippen molar-refractivity contribution in [2.45, 2.75) is 13.0 Å². The predicted molar refractivity (Wildman–Crippen MR) is 119 cm³/mol. The van der Waals surface area contributed by atoms with E-state index in [4.69, 9.17) is 0 Å². The number of nitro benzene ring substituents is 1. The molecule has 0 aliphatic heterocycles. The zero-order valence-corrected chi connectivity index (χ0v) is 17.9. The van der Waals surface area contributed by atoms with Gasteiger partial charge in [-0.05, 0) is 44.3 Å². The third-order valence-electron chi connectivity index (χ3n) is 5.24. The topological polar surface area (TPSA) is 110 Å². The van der Waals surface area contributed by atoms with Gasteiger partial charge in [-0.25, -0.2) is 0 Å². The summed E-state index contributed by atoms with van der Waals surface area (Å²) in [5.41, 5.74) is 2.90. The minimum absolute atomic E-state index is 0.0798. The minimum atomic E-state index is -0.827. The van der Waals surface area contributed by atoms with E-state index < -0.39 is 16.7 Å². The van der Waals surface area contributed by atoms with Crippen LogP contribution in [-0.4, -0.2) is 46.8 Å². The number of carbonyl (C=O) groups is 2. The molecule has 1 aromatic heterocycles. The lowest BCUT2D eigenvalue weighted by molar-refractivity contribution is -0.384. The Hall–Kier alpha value is -3.72. The van der Waals surface area contributed by atoms with E-state index in [-0.39, 0.29) is 18.3 Å². The molecule has 1 unspecified atom stereocenters. The van der Waals surface area contributed by atoms with Crippen molar-refractivity contribution in [3.63, 3.8) is 0 Å². The van der Waals surface area contributed by atoms with Gasteiger partial charge in [-0.15, -0.1) is 0 Å². The van der Waals surface area contributed by atoms with E-state index in [0.717, 1.165) is 16.5 Å². The van der Waals surface area contributed by atoms with Crippen LogP contribution in [0.25, 0.3) is 10.9 Å². The summed E-state index contributed by atoms with van der Waals surface area (Å²) in [5.74, 6) is -1.60. The molecule has 9 nitrogen and oxygen atoms in total. The van der Waals surface area contributed by atoms with Crippen molar-refractivity contribution in [2.24, 2.45) is 7.05 Å². The zero-order chi connectivity index (χ0) is 22.7. The number of hydrogen-bond donors (Lipinski definition) is 2. The Balaban J connectivity index is 1.70. The fourth-order valence-corrected chi connectivity index (χ4v) is 3.56. The van der Waals surface area contributed by atoms with E-state index in [0.29, 0.717) is 11.3 Å². The Kier molecular flexibility index (Phi) is 6.36. The van der Waals surface area contributed by atoms with E-state index in [2.05, 4.69) is 10.6 Å². The summed E-state index contributed by atoms with van der Waals surface area (Å²) in [6.07, 6.45) is 2.03. The van der Waals surface area contributed by atoms with E-state index in [1.165, 1.54) is 18.2 Å². The number of aryl methyl sites for hydroxylation is 2. The number of nitrogens with one attached hydrogen (secondary N) is 2. The minimum Gasteiger partial charge on any atom is -0.350 e. The standard InChI is InChI=1S/C22H25N5O4/c1-14-11-15(27(30)31)9-10-18(14)24-22(29)21(28)23-12-20(25(2)3)17-13-26(4)19-8-6-5-7-16(17)19/h5-11,13,20H,12H2,1-4H3,(H,23,28)(H,24,29). The Bertz CT molecular complexity index is 1150. The van der Waals surface area contributed by atoms with E-state index in [1.807, 2.05) is 61.1 Å². The number of aromatic nitrogens is 1. The summed E-state index contributed by atoms with van der Waals surface area (Å²) < 4.78 is 2.03. The van der Waals surface area contributed by atoms with Crippen LogP contribution in [0.1, 0.15) is 17.2 Å². The molecule has 9 heteroatoms. The molecule has 2 aromatic carbocycles. The molecule has 3 rings (SSSR count). The molecule has 1 heterocycles. The first-order chi connectivity index (χ1) is 14.7. The van der Waals surface area contributed by atoms with Crippen molar-refractivity contribution in [3.05, 3.63) is 69.9 Å². The fourth-order valence-electron chi connectivity index (χ4n) is 3.56. The summed E-state index contributed by atoms with van der Waals surface area (Å²) in [4.78, 5) is 37.1. The maximum Gasteiger partial charge on any atom is 0.313 e. The average molecular weight is 423 g/mol. The first-order valence-electron chi connectivity index (χ1n) is 9.73. The molecule has 0 spiro atoms. The molecule has 0 bridgehead atoms. The number of carbonyl (C=O) groups excluding carboxylic acids is 2. The molecule has 2 amide bonds. The number of nitro groups is 1. The molecule has 31 heavy (non-hydrogen) atoms. The summed E-state index contributed by atoms with van der Waals surface area (Å²) in [6.45, 7) is 1.87. The highest BCUT2D eigenvalue weighted by atomic mass is 16.6. The molecule has 1 atom stereocenters. The number of benzene rings is 2. The van der Waals surface area contributed by atoms with Crippen LogP contribution in [0.4, 0.5) is 11.4 Å². The first-order valence-corrected chi connectivity index (χ1v) is 9.73. The van der Waals surface area contributed by atoms with Gasteiger partial charge in [0.1, 0.15) is 0 Å². The lowest BCUT2D eigenvalue weighted by Crippen LogP contribution is -2.40. The number of likely N-dealkylation sites (N-methyl/N-ethyl adjacent to an activating group) is 1. The Morgan fingerprint density at radius 2 is 1.87 bits per heavy atom. The quantitative estimate of drug-likeness (QED) is 0.360. The van der Waals surface area contributed by atoms with Crippen LogP contribution in [-0.2, 0) is 16.6 Å². The Labute approximate surface area is 179 Å². The monoisotopic (exact) mass is 423 g/mol. The molecule has 2 N–H and O–H groups in total. The van der Waals surface area contributed by atoms with Gasteiger partial charge >= 0.3 is 11.8 Å². The number of nitrogens with zero attached hydrogens (tertiary/aromatic N) is 3. The number of anilines is 1. The summed E-state index contributed by atoms with van der Waals surface area (Å²) >= 11 is 0. The molecular weight excluding hydrogens is 398 g/mol. The molecule has 0 aliphatic rings. The van der Waals surface area contributed by atoms with Crippen molar-refractivity contribution in [2.75, 3.05) is 26.0 Å². The van der Waals surface area contributed by atoms with Gasteiger partial charge in [0.05, 0.1) is 11.0 Å². The van der Waals surface area contributed by atoms with Crippen LogP contribution in [0.5, 0.6) is 0 Å². The number of rotatable bonds is 6. The predicted octanol–water partition coefficient (Wildman–Crippen LogP) is 2.75. The number of hydrogen-bond acceptors (Lipinski definition) is 5. The lowest BCUT2D eigenvalue weighted by Gasteiger charge is -2.24. The maximum absolute atomic E-state index is 12.4. The summed E-state index contributed by atoms with van der Waals surface area (Å²) in [7, 11) is 5.80. The van der Waals surface area contributed by atoms with Crippen LogP contribution in [0, 0.1) is 17.0 Å². The number of fused-ring (bicyclic) bond motifs is 1. The summed E-state index contributed by atoms with van der Waals surface area (Å²) in [6, 6.07) is 11.9. The maximum atomic E-state index is 12.4. The Morgan fingerprint density at radius 3 is 2.52 bits per heavy atom. The fraction of sp³-hybridized carbons (Fsp3) is 0.273. The van der Waals surface area contributed by atoms with Crippen LogP contribution in [0.3, 0.4) is 0 Å². The van der Waals surface area contributed by atoms with Gasteiger partial charge in [-0.1, -0.05) is 18.2 Å². The van der Waals surface area contributed by atoms with E-state index in [1.54, 1.807) is 6.92 Å². The van der Waals surface area contributed by atoms with Crippen molar-refractivity contribution >= 4 is 34.1 Å². The SMILES string of the molecule is Cc1cc([N+](=O)[O-])ccc1NC(=O)C(=O)NCC(c1cn(C)c2ccccc12)N(C)C. The van der Waals surface area contributed by atoms with Crippen LogP contribution in [0.15, 0.2) is 48.7 Å². The van der Waals surface area contributed by atoms with Gasteiger partial charge in [0.2, 0.25) is 0 Å². The zero-order valence-electron chi connectivity index (χ0n) is 17.9. The second-order valence-corrected chi connectivity index (χ2v) is 7.61. The van der Waals surface area contributed by atoms with Crippen LogP contribution < -0.4 is 10.6 Å². The summed E-state index contributed by atoms with van der Waals surface area (Å²) in [5, 5.41) is 17.1.